The summed E-state index contributed by atoms with van der Waals surface area (Å²) in [6.45, 7) is 0.828. The number of hydrogen-bond acceptors (Lipinski definition) is 7. The Morgan fingerprint density at radius 1 is 1.35 bits per heavy atom. The second-order valence-electron chi connectivity index (χ2n) is 9.30. The molecule has 2 aliphatic carbocycles. The highest BCUT2D eigenvalue weighted by Crippen LogP contribution is 2.66. The van der Waals surface area contributed by atoms with E-state index in [-0.39, 0.29) is 17.8 Å². The lowest BCUT2D eigenvalue weighted by Crippen LogP contribution is -2.78. The zero-order chi connectivity index (χ0) is 22.1. The summed E-state index contributed by atoms with van der Waals surface area (Å²) in [6, 6.07) is 2.14. The highest BCUT2D eigenvalue weighted by molar-refractivity contribution is 5.80. The summed E-state index contributed by atoms with van der Waals surface area (Å²) in [5.41, 5.74) is 1.05. The fourth-order valence-electron chi connectivity index (χ4n) is 6.96. The zero-order valence-corrected chi connectivity index (χ0v) is 17.6. The minimum Gasteiger partial charge on any atom is -0.504 e. The first-order valence-corrected chi connectivity index (χ1v) is 10.7. The first-order chi connectivity index (χ1) is 14.7. The number of methoxy groups -OCH3 is 1. The van der Waals surface area contributed by atoms with Gasteiger partial charge in [-0.15, -0.1) is 0 Å². The van der Waals surface area contributed by atoms with Crippen molar-refractivity contribution in [2.45, 2.75) is 67.3 Å². The molecule has 5 rings (SSSR count). The molecule has 1 aromatic rings. The number of phenols is 1. The van der Waals surface area contributed by atoms with Gasteiger partial charge in [0.05, 0.1) is 17.4 Å². The van der Waals surface area contributed by atoms with Crippen molar-refractivity contribution in [3.8, 4) is 11.5 Å². The third-order valence-corrected chi connectivity index (χ3v) is 8.15. The number of hydrogen-bond donors (Lipinski definition) is 4. The van der Waals surface area contributed by atoms with Gasteiger partial charge in [0.25, 0.3) is 0 Å². The van der Waals surface area contributed by atoms with Gasteiger partial charge < -0.3 is 29.7 Å². The van der Waals surface area contributed by atoms with Crippen LogP contribution in [0.15, 0.2) is 12.1 Å². The van der Waals surface area contributed by atoms with Gasteiger partial charge in [0.2, 0.25) is 0 Å². The van der Waals surface area contributed by atoms with Crippen LogP contribution < -0.4 is 10.1 Å². The number of benzene rings is 1. The standard InChI is InChI=1S/C22H28N2O7/c1-24-8-7-21-17-11-3-4-14(25)18(17)31-19(21)12(23-13(20(28)29)10-16(26)27)5-6-22(21,30-2)15(24)9-11/h3-4,12-13,15,19,23,25H,5-10H2,1-2H3,(H,26,27)(H,28,29)/t12?,13-,15+,19?,21-,22+/m0/s1. The van der Waals surface area contributed by atoms with E-state index in [1.54, 1.807) is 13.2 Å². The van der Waals surface area contributed by atoms with Crippen molar-refractivity contribution < 1.29 is 34.4 Å². The fraction of sp³-hybridized carbons (Fsp3) is 0.636. The molecule has 4 N–H and O–H groups in total. The van der Waals surface area contributed by atoms with Crippen molar-refractivity contribution in [1.29, 1.82) is 0 Å². The Labute approximate surface area is 179 Å². The van der Waals surface area contributed by atoms with E-state index in [9.17, 15) is 24.9 Å². The fourth-order valence-corrected chi connectivity index (χ4v) is 6.96. The highest BCUT2D eigenvalue weighted by atomic mass is 16.5. The van der Waals surface area contributed by atoms with Crippen molar-refractivity contribution in [2.75, 3.05) is 20.7 Å². The molecule has 1 saturated heterocycles. The SMILES string of the molecule is CO[C@@]12CCC(N[C@@H](CC(=O)O)C(=O)O)C3Oc4c(O)ccc5c4[C@@]31CCN(C)[C@@H]2C5. The molecule has 2 unspecified atom stereocenters. The Morgan fingerprint density at radius 3 is 2.81 bits per heavy atom. The molecule has 2 heterocycles. The number of likely N-dealkylation sites (N-methyl/N-ethyl adjacent to an activating group) is 1. The maximum absolute atomic E-state index is 11.7. The van der Waals surface area contributed by atoms with Crippen LogP contribution in [-0.2, 0) is 26.2 Å². The molecule has 4 aliphatic rings. The summed E-state index contributed by atoms with van der Waals surface area (Å²) in [6.07, 6.45) is 1.82. The van der Waals surface area contributed by atoms with Crippen LogP contribution >= 0.6 is 0 Å². The van der Waals surface area contributed by atoms with Crippen LogP contribution in [0.4, 0.5) is 0 Å². The first-order valence-electron chi connectivity index (χ1n) is 10.7. The number of piperidine rings is 1. The molecule has 1 aromatic carbocycles. The minimum absolute atomic E-state index is 0.0731. The lowest BCUT2D eigenvalue weighted by Gasteiger charge is -2.65. The lowest BCUT2D eigenvalue weighted by molar-refractivity contribution is -0.204. The van der Waals surface area contributed by atoms with Gasteiger partial charge in [-0.25, -0.2) is 0 Å². The second kappa shape index (κ2) is 6.82. The quantitative estimate of drug-likeness (QED) is 0.514. The van der Waals surface area contributed by atoms with E-state index in [0.717, 1.165) is 30.5 Å². The molecule has 2 fully saturated rings. The Bertz CT molecular complexity index is 952. The number of carboxylic acid groups (broad SMARTS) is 2. The number of likely N-dealkylation sites (tertiary alicyclic amines) is 1. The molecule has 168 valence electrons. The largest absolute Gasteiger partial charge is 0.504 e. The van der Waals surface area contributed by atoms with Gasteiger partial charge in [-0.1, -0.05) is 6.07 Å². The summed E-state index contributed by atoms with van der Waals surface area (Å²) in [5, 5.41) is 32.5. The number of aliphatic carboxylic acids is 2. The van der Waals surface area contributed by atoms with Gasteiger partial charge in [-0.2, -0.15) is 0 Å². The number of rotatable bonds is 6. The summed E-state index contributed by atoms with van der Waals surface area (Å²) < 4.78 is 12.8. The van der Waals surface area contributed by atoms with Crippen LogP contribution in [0.1, 0.15) is 36.8 Å². The van der Waals surface area contributed by atoms with Gasteiger partial charge in [0, 0.05) is 24.8 Å². The van der Waals surface area contributed by atoms with Crippen LogP contribution in [-0.4, -0.2) is 82.7 Å². The third-order valence-electron chi connectivity index (χ3n) is 8.15. The molecule has 1 spiro atoms. The second-order valence-corrected chi connectivity index (χ2v) is 9.30. The molecule has 0 amide bonds. The number of nitrogens with one attached hydrogen (secondary N) is 1. The Kier molecular flexibility index (Phi) is 4.52. The minimum atomic E-state index is -1.22. The molecule has 1 saturated carbocycles. The highest BCUT2D eigenvalue weighted by Gasteiger charge is 2.73. The Hall–Kier alpha value is -2.36. The third kappa shape index (κ3) is 2.54. The van der Waals surface area contributed by atoms with Crippen molar-refractivity contribution in [2.24, 2.45) is 0 Å². The van der Waals surface area contributed by atoms with Gasteiger partial charge in [0.15, 0.2) is 11.5 Å². The molecule has 6 atom stereocenters. The number of aromatic hydroxyl groups is 1. The molecular weight excluding hydrogens is 404 g/mol. The molecule has 2 aliphatic heterocycles. The molecule has 9 heteroatoms. The van der Waals surface area contributed by atoms with Crippen molar-refractivity contribution in [3.05, 3.63) is 23.3 Å². The number of carboxylic acids is 2. The van der Waals surface area contributed by atoms with Crippen molar-refractivity contribution in [3.63, 3.8) is 0 Å². The van der Waals surface area contributed by atoms with E-state index in [1.807, 2.05) is 6.07 Å². The summed E-state index contributed by atoms with van der Waals surface area (Å²) >= 11 is 0. The maximum Gasteiger partial charge on any atom is 0.321 e. The topological polar surface area (TPSA) is 129 Å². The molecule has 31 heavy (non-hydrogen) atoms. The van der Waals surface area contributed by atoms with E-state index >= 15 is 0 Å². The summed E-state index contributed by atoms with van der Waals surface area (Å²) in [7, 11) is 3.84. The Balaban J connectivity index is 1.63. The van der Waals surface area contributed by atoms with Crippen molar-refractivity contribution >= 4 is 11.9 Å². The van der Waals surface area contributed by atoms with E-state index in [0.29, 0.717) is 18.6 Å². The number of carbonyl (C=O) groups is 2. The molecule has 9 nitrogen and oxygen atoms in total. The predicted octanol–water partition coefficient (Wildman–Crippen LogP) is 0.716. The molecular formula is C22H28N2O7. The number of nitrogens with zero attached hydrogens (tertiary/aromatic N) is 1. The zero-order valence-electron chi connectivity index (χ0n) is 17.6. The van der Waals surface area contributed by atoms with E-state index in [1.165, 1.54) is 0 Å². The van der Waals surface area contributed by atoms with Gasteiger partial charge >= 0.3 is 11.9 Å². The van der Waals surface area contributed by atoms with Gasteiger partial charge in [-0.3, -0.25) is 14.9 Å². The van der Waals surface area contributed by atoms with Crippen LogP contribution in [0.3, 0.4) is 0 Å². The molecule has 2 bridgehead atoms. The number of phenolic OH excluding ortho intramolecular Hbond substituents is 1. The average molecular weight is 432 g/mol. The normalized spacial score (nSPS) is 36.4. The first kappa shape index (κ1) is 20.5. The van der Waals surface area contributed by atoms with E-state index in [2.05, 4.69) is 17.3 Å². The van der Waals surface area contributed by atoms with Crippen molar-refractivity contribution in [1.82, 2.24) is 10.2 Å². The average Bonchev–Trinajstić information content (AvgIpc) is 3.08. The van der Waals surface area contributed by atoms with E-state index < -0.39 is 41.5 Å². The van der Waals surface area contributed by atoms with Gasteiger partial charge in [-0.05, 0) is 50.9 Å². The monoisotopic (exact) mass is 432 g/mol. The smallest absolute Gasteiger partial charge is 0.321 e. The number of ether oxygens (including phenoxy) is 2. The van der Waals surface area contributed by atoms with Gasteiger partial charge in [0.1, 0.15) is 12.1 Å². The van der Waals surface area contributed by atoms with E-state index in [4.69, 9.17) is 9.47 Å². The summed E-state index contributed by atoms with van der Waals surface area (Å²) in [5.74, 6) is -1.84. The van der Waals surface area contributed by atoms with Crippen LogP contribution in [0.2, 0.25) is 0 Å². The molecule has 0 aromatic heterocycles. The maximum atomic E-state index is 11.7. The van der Waals surface area contributed by atoms with Crippen LogP contribution in [0, 0.1) is 0 Å². The van der Waals surface area contributed by atoms with Crippen LogP contribution in [0.25, 0.3) is 0 Å². The summed E-state index contributed by atoms with van der Waals surface area (Å²) in [4.78, 5) is 25.3. The Morgan fingerprint density at radius 2 is 2.13 bits per heavy atom. The van der Waals surface area contributed by atoms with Crippen LogP contribution in [0.5, 0.6) is 11.5 Å². The predicted molar refractivity (Wildman–Crippen MR) is 109 cm³/mol. The molecule has 0 radical (unpaired) electrons. The lowest BCUT2D eigenvalue weighted by atomic mass is 9.48.